The smallest absolute Gasteiger partial charge is 0.218 e. The first kappa shape index (κ1) is 15.4. The fourth-order valence-electron chi connectivity index (χ4n) is 1.35. The second kappa shape index (κ2) is 7.66. The Bertz CT molecular complexity index is 319. The molecule has 16 heavy (non-hydrogen) atoms. The van der Waals surface area contributed by atoms with Gasteiger partial charge in [-0.25, -0.2) is 8.42 Å². The summed E-state index contributed by atoms with van der Waals surface area (Å²) in [5, 5.41) is 2.60. The summed E-state index contributed by atoms with van der Waals surface area (Å²) >= 11 is 0. The Balaban J connectivity index is 4.64. The van der Waals surface area contributed by atoms with Crippen molar-refractivity contribution in [2.24, 2.45) is 0 Å². The third kappa shape index (κ3) is 4.52. The molecule has 0 aromatic rings. The quantitative estimate of drug-likeness (QED) is 0.640. The second-order valence-electron chi connectivity index (χ2n) is 3.70. The molecule has 0 aliphatic rings. The molecule has 0 amide bonds. The summed E-state index contributed by atoms with van der Waals surface area (Å²) in [6, 6.07) is 0. The maximum Gasteiger partial charge on any atom is 0.218 e. The zero-order valence-corrected chi connectivity index (χ0v) is 11.2. The lowest BCUT2D eigenvalue weighted by molar-refractivity contribution is 0.435. The molecule has 0 fully saturated rings. The van der Waals surface area contributed by atoms with E-state index in [2.05, 4.69) is 11.2 Å². The summed E-state index contributed by atoms with van der Waals surface area (Å²) in [5.41, 5.74) is 0. The number of rotatable bonds is 8. The lowest BCUT2D eigenvalue weighted by Crippen LogP contribution is -2.42. The van der Waals surface area contributed by atoms with Gasteiger partial charge in [0.15, 0.2) is 0 Å². The summed E-state index contributed by atoms with van der Waals surface area (Å²) in [6.07, 6.45) is 5.96. The van der Waals surface area contributed by atoms with Gasteiger partial charge in [0.25, 0.3) is 0 Å². The first-order chi connectivity index (χ1) is 7.50. The second-order valence-corrected chi connectivity index (χ2v) is 6.05. The van der Waals surface area contributed by atoms with Crippen LogP contribution in [0.5, 0.6) is 0 Å². The molecule has 0 bridgehead atoms. The number of nitrogens with one attached hydrogen (secondary N) is 1. The van der Waals surface area contributed by atoms with Crippen LogP contribution in [0.3, 0.4) is 0 Å². The molecule has 4 nitrogen and oxygen atoms in total. The van der Waals surface area contributed by atoms with Crippen molar-refractivity contribution >= 4 is 10.0 Å². The number of nitrogens with zero attached hydrogens (tertiary/aromatic N) is 1. The molecular weight excluding hydrogens is 224 g/mol. The SMILES string of the molecule is C#CCN(CCC)S(=O)(=O)C(C)CNCC. The molecule has 1 unspecified atom stereocenters. The highest BCUT2D eigenvalue weighted by Crippen LogP contribution is 2.08. The summed E-state index contributed by atoms with van der Waals surface area (Å²) < 4.78 is 25.6. The van der Waals surface area contributed by atoms with E-state index < -0.39 is 15.3 Å². The van der Waals surface area contributed by atoms with E-state index in [-0.39, 0.29) is 6.54 Å². The number of hydrogen-bond acceptors (Lipinski definition) is 3. The van der Waals surface area contributed by atoms with Crippen LogP contribution in [0.2, 0.25) is 0 Å². The van der Waals surface area contributed by atoms with E-state index in [4.69, 9.17) is 6.42 Å². The normalized spacial score (nSPS) is 13.7. The van der Waals surface area contributed by atoms with E-state index in [0.717, 1.165) is 13.0 Å². The van der Waals surface area contributed by atoms with Crippen LogP contribution in [0.4, 0.5) is 0 Å². The van der Waals surface area contributed by atoms with E-state index in [1.165, 1.54) is 4.31 Å². The van der Waals surface area contributed by atoms with Crippen LogP contribution < -0.4 is 5.32 Å². The van der Waals surface area contributed by atoms with Gasteiger partial charge in [-0.05, 0) is 19.9 Å². The zero-order valence-electron chi connectivity index (χ0n) is 10.4. The number of sulfonamides is 1. The Morgan fingerprint density at radius 2 is 2.06 bits per heavy atom. The van der Waals surface area contributed by atoms with E-state index in [0.29, 0.717) is 13.1 Å². The Morgan fingerprint density at radius 1 is 1.44 bits per heavy atom. The topological polar surface area (TPSA) is 49.4 Å². The summed E-state index contributed by atoms with van der Waals surface area (Å²) in [5.74, 6) is 2.40. The fourth-order valence-corrected chi connectivity index (χ4v) is 2.88. The van der Waals surface area contributed by atoms with Crippen molar-refractivity contribution in [3.05, 3.63) is 0 Å². The highest BCUT2D eigenvalue weighted by atomic mass is 32.2. The van der Waals surface area contributed by atoms with Crippen LogP contribution in [0.1, 0.15) is 27.2 Å². The molecular formula is C11H22N2O2S. The molecule has 0 saturated heterocycles. The zero-order chi connectivity index (χ0) is 12.6. The van der Waals surface area contributed by atoms with Gasteiger partial charge in [-0.3, -0.25) is 0 Å². The molecule has 1 atom stereocenters. The van der Waals surface area contributed by atoms with Crippen LogP contribution in [0, 0.1) is 12.3 Å². The van der Waals surface area contributed by atoms with Crippen molar-refractivity contribution in [1.29, 1.82) is 0 Å². The Labute approximate surface area is 99.5 Å². The van der Waals surface area contributed by atoms with Crippen LogP contribution in [-0.4, -0.2) is 44.2 Å². The largest absolute Gasteiger partial charge is 0.316 e. The molecule has 1 N–H and O–H groups in total. The van der Waals surface area contributed by atoms with Gasteiger partial charge in [-0.2, -0.15) is 4.31 Å². The Kier molecular flexibility index (Phi) is 7.39. The first-order valence-corrected chi connectivity index (χ1v) is 7.14. The predicted molar refractivity (Wildman–Crippen MR) is 67.6 cm³/mol. The molecule has 5 heteroatoms. The maximum absolute atomic E-state index is 12.1. The standard InChI is InChI=1S/C11H22N2O2S/c1-5-8-13(9-6-2)16(14,15)11(4)10-12-7-3/h1,11-12H,6-10H2,2-4H3. The van der Waals surface area contributed by atoms with Gasteiger partial charge in [0.05, 0.1) is 11.8 Å². The van der Waals surface area contributed by atoms with Gasteiger partial charge in [0.1, 0.15) is 0 Å². The highest BCUT2D eigenvalue weighted by Gasteiger charge is 2.27. The van der Waals surface area contributed by atoms with Gasteiger partial charge < -0.3 is 5.32 Å². The Hall–Kier alpha value is -0.570. The summed E-state index contributed by atoms with van der Waals surface area (Å²) in [7, 11) is -3.27. The van der Waals surface area contributed by atoms with Crippen molar-refractivity contribution in [1.82, 2.24) is 9.62 Å². The minimum Gasteiger partial charge on any atom is -0.316 e. The fraction of sp³-hybridized carbons (Fsp3) is 0.818. The predicted octanol–water partition coefficient (Wildman–Crippen LogP) is 0.659. The molecule has 0 spiro atoms. The summed E-state index contributed by atoms with van der Waals surface area (Å²) in [6.45, 7) is 7.47. The molecule has 0 aromatic heterocycles. The monoisotopic (exact) mass is 246 g/mol. The van der Waals surface area contributed by atoms with Gasteiger partial charge >= 0.3 is 0 Å². The van der Waals surface area contributed by atoms with E-state index in [1.54, 1.807) is 6.92 Å². The van der Waals surface area contributed by atoms with Crippen LogP contribution in [0.25, 0.3) is 0 Å². The van der Waals surface area contributed by atoms with Gasteiger partial charge in [0, 0.05) is 13.1 Å². The lowest BCUT2D eigenvalue weighted by atomic mass is 10.4. The Morgan fingerprint density at radius 3 is 2.50 bits per heavy atom. The molecule has 0 saturated carbocycles. The third-order valence-corrected chi connectivity index (χ3v) is 4.51. The number of terminal acetylenes is 1. The molecule has 94 valence electrons. The lowest BCUT2D eigenvalue weighted by Gasteiger charge is -2.23. The van der Waals surface area contributed by atoms with Gasteiger partial charge in [-0.15, -0.1) is 6.42 Å². The summed E-state index contributed by atoms with van der Waals surface area (Å²) in [4.78, 5) is 0. The average Bonchev–Trinajstić information content (AvgIpc) is 2.25. The molecule has 0 rings (SSSR count). The van der Waals surface area contributed by atoms with Crippen molar-refractivity contribution in [3.8, 4) is 12.3 Å². The van der Waals surface area contributed by atoms with E-state index in [9.17, 15) is 8.42 Å². The van der Waals surface area contributed by atoms with Crippen molar-refractivity contribution in [3.63, 3.8) is 0 Å². The molecule has 0 aromatic carbocycles. The highest BCUT2D eigenvalue weighted by molar-refractivity contribution is 7.89. The maximum atomic E-state index is 12.1. The minimum absolute atomic E-state index is 0.159. The molecule has 0 aliphatic carbocycles. The van der Waals surface area contributed by atoms with Gasteiger partial charge in [0.2, 0.25) is 10.0 Å². The van der Waals surface area contributed by atoms with Crippen LogP contribution in [0.15, 0.2) is 0 Å². The van der Waals surface area contributed by atoms with Crippen LogP contribution in [-0.2, 0) is 10.0 Å². The average molecular weight is 246 g/mol. The minimum atomic E-state index is -3.27. The first-order valence-electron chi connectivity index (χ1n) is 5.63. The molecule has 0 radical (unpaired) electrons. The van der Waals surface area contributed by atoms with Crippen LogP contribution >= 0.6 is 0 Å². The number of hydrogen-bond donors (Lipinski definition) is 1. The third-order valence-electron chi connectivity index (χ3n) is 2.29. The van der Waals surface area contributed by atoms with Crippen molar-refractivity contribution in [2.75, 3.05) is 26.2 Å². The molecule has 0 heterocycles. The van der Waals surface area contributed by atoms with E-state index >= 15 is 0 Å². The van der Waals surface area contributed by atoms with Crippen molar-refractivity contribution in [2.45, 2.75) is 32.4 Å². The van der Waals surface area contributed by atoms with Crippen molar-refractivity contribution < 1.29 is 8.42 Å². The van der Waals surface area contributed by atoms with Gasteiger partial charge in [-0.1, -0.05) is 19.8 Å². The van der Waals surface area contributed by atoms with E-state index in [1.807, 2.05) is 13.8 Å². The molecule has 0 aliphatic heterocycles.